The summed E-state index contributed by atoms with van der Waals surface area (Å²) in [6, 6.07) is 21.1. The highest BCUT2D eigenvalue weighted by Gasteiger charge is 2.42. The fraction of sp³-hybridized carbons (Fsp3) is 0.444. The van der Waals surface area contributed by atoms with Crippen molar-refractivity contribution in [2.75, 3.05) is 40.5 Å². The van der Waals surface area contributed by atoms with Crippen LogP contribution in [0.1, 0.15) is 101 Å². The molecular weight excluding hydrogens is 927 g/mol. The molecular formula is C54H62F2N8O8. The number of halogens is 2. The Morgan fingerprint density at radius 1 is 0.764 bits per heavy atom. The second-order valence-corrected chi connectivity index (χ2v) is 19.5. The molecule has 4 aromatic carbocycles. The molecule has 4 N–H and O–H groups in total. The molecule has 1 aliphatic carbocycles. The zero-order valence-electron chi connectivity index (χ0n) is 41.0. The van der Waals surface area contributed by atoms with Gasteiger partial charge in [-0.15, -0.1) is 0 Å². The first-order chi connectivity index (χ1) is 34.9. The number of likely N-dealkylation sites (tertiary alicyclic amines) is 2. The Kier molecular flexibility index (Phi) is 15.3. The van der Waals surface area contributed by atoms with Gasteiger partial charge in [-0.3, -0.25) is 9.59 Å². The minimum absolute atomic E-state index is 0.0187. The van der Waals surface area contributed by atoms with E-state index in [1.54, 1.807) is 46.3 Å². The number of rotatable bonds is 16. The Bertz CT molecular complexity index is 2890. The van der Waals surface area contributed by atoms with Gasteiger partial charge in [0.1, 0.15) is 29.5 Å². The zero-order chi connectivity index (χ0) is 50.5. The van der Waals surface area contributed by atoms with Crippen LogP contribution < -0.4 is 15.4 Å². The van der Waals surface area contributed by atoms with Crippen LogP contribution in [0.2, 0.25) is 0 Å². The van der Waals surface area contributed by atoms with Gasteiger partial charge in [-0.2, -0.15) is 8.78 Å². The lowest BCUT2D eigenvalue weighted by Crippen LogP contribution is -2.51. The van der Waals surface area contributed by atoms with Gasteiger partial charge >= 0.3 is 18.8 Å². The van der Waals surface area contributed by atoms with Gasteiger partial charge in [0.25, 0.3) is 5.91 Å². The number of H-pyrrole nitrogens is 2. The first-order valence-electron chi connectivity index (χ1n) is 24.9. The fourth-order valence-electron chi connectivity index (χ4n) is 10.7. The number of aromatic amines is 2. The highest BCUT2D eigenvalue weighted by atomic mass is 19.3. The molecule has 9 rings (SSSR count). The molecule has 3 fully saturated rings. The Hall–Kier alpha value is -7.08. The number of nitrogens with one attached hydrogen (secondary N) is 4. The van der Waals surface area contributed by atoms with E-state index in [2.05, 4.69) is 25.6 Å². The highest BCUT2D eigenvalue weighted by molar-refractivity contribution is 6.05. The second-order valence-electron chi connectivity index (χ2n) is 19.5. The number of aromatic nitrogens is 4. The smallest absolute Gasteiger partial charge is 0.407 e. The lowest BCUT2D eigenvalue weighted by atomic mass is 9.90. The van der Waals surface area contributed by atoms with Crippen LogP contribution in [-0.4, -0.2) is 107 Å². The summed E-state index contributed by atoms with van der Waals surface area (Å²) in [4.78, 5) is 73.2. The van der Waals surface area contributed by atoms with Crippen molar-refractivity contribution < 1.29 is 46.9 Å². The molecule has 16 nitrogen and oxygen atoms in total. The van der Waals surface area contributed by atoms with Crippen molar-refractivity contribution in [2.45, 2.75) is 96.0 Å². The number of ether oxygens (including phenoxy) is 4. The number of nitrogens with zero attached hydrogens (tertiary/aromatic N) is 4. The summed E-state index contributed by atoms with van der Waals surface area (Å²) in [5, 5.41) is 7.04. The molecule has 0 radical (unpaired) electrons. The number of carbonyl (C=O) groups is 4. The molecule has 380 valence electrons. The molecule has 0 spiro atoms. The summed E-state index contributed by atoms with van der Waals surface area (Å²) in [6.45, 7) is 2.66. The van der Waals surface area contributed by atoms with Crippen LogP contribution in [0.25, 0.3) is 44.2 Å². The second kappa shape index (κ2) is 22.1. The Morgan fingerprint density at radius 2 is 1.51 bits per heavy atom. The number of carbonyl (C=O) groups excluding carboxylic acids is 4. The van der Waals surface area contributed by atoms with Crippen LogP contribution in [0.3, 0.4) is 0 Å². The van der Waals surface area contributed by atoms with E-state index in [9.17, 15) is 28.0 Å². The van der Waals surface area contributed by atoms with E-state index in [1.165, 1.54) is 46.3 Å². The number of hydrogen-bond acceptors (Lipinski definition) is 10. The normalized spacial score (nSPS) is 19.2. The largest absolute Gasteiger partial charge is 0.453 e. The average Bonchev–Trinajstić information content (AvgIpc) is 4.24. The number of benzene rings is 4. The Morgan fingerprint density at radius 3 is 2.26 bits per heavy atom. The predicted molar refractivity (Wildman–Crippen MR) is 266 cm³/mol. The summed E-state index contributed by atoms with van der Waals surface area (Å²) < 4.78 is 49.4. The minimum atomic E-state index is -3.10. The van der Waals surface area contributed by atoms with Gasteiger partial charge in [0, 0.05) is 42.1 Å². The molecule has 3 aliphatic rings. The number of amides is 4. The molecule has 0 bridgehead atoms. The molecule has 6 aromatic rings. The Labute approximate surface area is 416 Å². The van der Waals surface area contributed by atoms with E-state index in [4.69, 9.17) is 23.9 Å². The first kappa shape index (κ1) is 49.9. The van der Waals surface area contributed by atoms with Crippen LogP contribution in [0.5, 0.6) is 5.75 Å². The van der Waals surface area contributed by atoms with Gasteiger partial charge in [-0.1, -0.05) is 87.7 Å². The lowest BCUT2D eigenvalue weighted by Gasteiger charge is -2.30. The van der Waals surface area contributed by atoms with Crippen molar-refractivity contribution in [3.63, 3.8) is 0 Å². The van der Waals surface area contributed by atoms with E-state index in [0.717, 1.165) is 22.7 Å². The van der Waals surface area contributed by atoms with Crippen LogP contribution in [0.15, 0.2) is 85.1 Å². The summed E-state index contributed by atoms with van der Waals surface area (Å²) in [5.74, 6) is 0.934. The third-order valence-electron chi connectivity index (χ3n) is 14.4. The minimum Gasteiger partial charge on any atom is -0.453 e. The van der Waals surface area contributed by atoms with Gasteiger partial charge in [0.15, 0.2) is 0 Å². The van der Waals surface area contributed by atoms with Crippen molar-refractivity contribution in [3.8, 4) is 28.1 Å². The third kappa shape index (κ3) is 10.9. The first-order valence-corrected chi connectivity index (χ1v) is 24.9. The van der Waals surface area contributed by atoms with Crippen LogP contribution in [-0.2, 0) is 23.8 Å². The molecule has 72 heavy (non-hydrogen) atoms. The van der Waals surface area contributed by atoms with E-state index < -0.39 is 36.9 Å². The number of methoxy groups -OCH3 is 2. The number of hydrogen-bond donors (Lipinski definition) is 4. The van der Waals surface area contributed by atoms with Crippen molar-refractivity contribution in [1.82, 2.24) is 40.4 Å². The maximum Gasteiger partial charge on any atom is 0.407 e. The topological polar surface area (TPSA) is 193 Å². The van der Waals surface area contributed by atoms with Crippen LogP contribution in [0, 0.1) is 17.8 Å². The monoisotopic (exact) mass is 988 g/mol. The molecule has 2 aromatic heterocycles. The number of alkyl carbamates (subject to hydrolysis) is 2. The molecule has 18 heteroatoms. The maximum absolute atomic E-state index is 14.7. The summed E-state index contributed by atoms with van der Waals surface area (Å²) in [5.41, 5.74) is 4.25. The quantitative estimate of drug-likeness (QED) is 0.0725. The van der Waals surface area contributed by atoms with Gasteiger partial charge in [0.2, 0.25) is 5.91 Å². The zero-order valence-corrected chi connectivity index (χ0v) is 41.0. The van der Waals surface area contributed by atoms with Crippen molar-refractivity contribution in [3.05, 3.63) is 102 Å². The van der Waals surface area contributed by atoms with Gasteiger partial charge in [0.05, 0.1) is 55.8 Å². The number of fused-ring (bicyclic) bond motifs is 3. The van der Waals surface area contributed by atoms with E-state index in [-0.39, 0.29) is 35.4 Å². The molecule has 1 saturated carbocycles. The van der Waals surface area contributed by atoms with Crippen molar-refractivity contribution >= 4 is 45.8 Å². The highest BCUT2D eigenvalue weighted by Crippen LogP contribution is 2.41. The Balaban J connectivity index is 0.981. The summed E-state index contributed by atoms with van der Waals surface area (Å²) in [6.07, 6.45) is 8.22. The summed E-state index contributed by atoms with van der Waals surface area (Å²) >= 11 is 0. The van der Waals surface area contributed by atoms with Gasteiger partial charge in [-0.05, 0) is 84.7 Å². The maximum atomic E-state index is 14.7. The standard InChI is InChI=1S/C54H62F2N8O8/c1-31(2)45(61-53(67)69-3)50(65)63-23-11-16-42(63)48-57-27-41(59-48)37-18-20-38(44(26-37)72-52(55)56)35-17-21-39-36(25-35)19-22-40-47(39)60-49(58-40)43-24-33(30-71-29-32-12-7-5-8-13-32)28-64(43)51(66)46(62-54(68)70-4)34-14-9-6-10-15-34/h6,9-10,14-15,17-22,25-27,31-33,42-43,45-46,52H,5,7-8,11-13,16,23-24,28-30H2,1-4H3,(H,57,59)(H,58,60)(H,61,67)(H,62,68)/t33-,42-,43-,45-,46+/m0/s1. The van der Waals surface area contributed by atoms with Gasteiger partial charge in [-0.25, -0.2) is 19.6 Å². The van der Waals surface area contributed by atoms with Crippen molar-refractivity contribution in [1.29, 1.82) is 0 Å². The number of alkyl halides is 2. The van der Waals surface area contributed by atoms with Crippen molar-refractivity contribution in [2.24, 2.45) is 17.8 Å². The van der Waals surface area contributed by atoms with Crippen LogP contribution >= 0.6 is 0 Å². The van der Waals surface area contributed by atoms with E-state index in [0.29, 0.717) is 90.2 Å². The van der Waals surface area contributed by atoms with E-state index in [1.807, 2.05) is 62.4 Å². The SMILES string of the molecule is COC(=O)N[C@H](C(=O)N1CCC[C@H]1c1ncc(-c2ccc(-c3ccc4c(ccc5[nH]c([C@@H]6C[C@H](COCC7CCCCC7)CN6C(=O)[C@H](NC(=O)OC)c6ccccc6)nc54)c3)c(OC(F)F)c2)[nH]1)C(C)C. The molecule has 2 saturated heterocycles. The van der Waals surface area contributed by atoms with Gasteiger partial charge < -0.3 is 49.3 Å². The van der Waals surface area contributed by atoms with Crippen LogP contribution in [0.4, 0.5) is 18.4 Å². The molecule has 4 heterocycles. The molecule has 4 amide bonds. The number of imidazole rings is 2. The third-order valence-corrected chi connectivity index (χ3v) is 14.4. The predicted octanol–water partition coefficient (Wildman–Crippen LogP) is 10.0. The summed E-state index contributed by atoms with van der Waals surface area (Å²) in [7, 11) is 2.51. The molecule has 5 atom stereocenters. The average molecular weight is 989 g/mol. The van der Waals surface area contributed by atoms with E-state index >= 15 is 0 Å². The molecule has 0 unspecified atom stereocenters. The lowest BCUT2D eigenvalue weighted by molar-refractivity contribution is -0.136. The molecule has 2 aliphatic heterocycles. The fourth-order valence-corrected chi connectivity index (χ4v) is 10.7.